The first-order valence-electron chi connectivity index (χ1n) is 5.76. The van der Waals surface area contributed by atoms with Gasteiger partial charge < -0.3 is 9.47 Å². The standard InChI is InChI=1S/C11H17F3N4/c1-17(2)9-15-6-8(18(9)3)7-16-10(4-5-10)11(12,13)14/h6,16H,4-5,7H2,1-3H3. The molecule has 0 bridgehead atoms. The molecule has 1 aliphatic carbocycles. The van der Waals surface area contributed by atoms with E-state index in [4.69, 9.17) is 0 Å². The van der Waals surface area contributed by atoms with Gasteiger partial charge in [-0.15, -0.1) is 0 Å². The number of nitrogens with one attached hydrogen (secondary N) is 1. The zero-order chi connectivity index (χ0) is 13.6. The predicted octanol–water partition coefficient (Wildman–Crippen LogP) is 1.67. The van der Waals surface area contributed by atoms with Gasteiger partial charge in [-0.3, -0.25) is 5.32 Å². The Labute approximate surface area is 104 Å². The van der Waals surface area contributed by atoms with Crippen LogP contribution in [0.4, 0.5) is 19.1 Å². The maximum atomic E-state index is 12.7. The van der Waals surface area contributed by atoms with E-state index in [0.717, 1.165) is 11.6 Å². The highest BCUT2D eigenvalue weighted by Crippen LogP contribution is 2.49. The number of rotatable bonds is 4. The molecule has 0 unspecified atom stereocenters. The Morgan fingerprint density at radius 2 is 2.06 bits per heavy atom. The van der Waals surface area contributed by atoms with Crippen LogP contribution >= 0.6 is 0 Å². The van der Waals surface area contributed by atoms with E-state index in [0.29, 0.717) is 0 Å². The summed E-state index contributed by atoms with van der Waals surface area (Å²) in [6.45, 7) is 0.177. The third-order valence-electron chi connectivity index (χ3n) is 3.36. The van der Waals surface area contributed by atoms with Crippen molar-refractivity contribution in [2.24, 2.45) is 7.05 Å². The lowest BCUT2D eigenvalue weighted by atomic mass is 10.2. The van der Waals surface area contributed by atoms with Crippen molar-refractivity contribution in [1.29, 1.82) is 0 Å². The summed E-state index contributed by atoms with van der Waals surface area (Å²) in [7, 11) is 5.49. The number of nitrogens with zero attached hydrogens (tertiary/aromatic N) is 3. The van der Waals surface area contributed by atoms with Crippen molar-refractivity contribution < 1.29 is 13.2 Å². The summed E-state index contributed by atoms with van der Waals surface area (Å²) in [6.07, 6.45) is -2.24. The molecule has 0 atom stereocenters. The molecule has 1 N–H and O–H groups in total. The topological polar surface area (TPSA) is 33.1 Å². The Hall–Kier alpha value is -1.24. The molecule has 18 heavy (non-hydrogen) atoms. The Kier molecular flexibility index (Phi) is 3.04. The second-order valence-corrected chi connectivity index (χ2v) is 4.94. The first-order chi connectivity index (χ1) is 8.27. The van der Waals surface area contributed by atoms with Crippen molar-refractivity contribution in [2.75, 3.05) is 19.0 Å². The van der Waals surface area contributed by atoms with Crippen molar-refractivity contribution in [3.05, 3.63) is 11.9 Å². The highest BCUT2D eigenvalue weighted by atomic mass is 19.4. The summed E-state index contributed by atoms with van der Waals surface area (Å²) in [5.41, 5.74) is -0.926. The van der Waals surface area contributed by atoms with Crippen LogP contribution in [0.1, 0.15) is 18.5 Å². The molecule has 1 heterocycles. The average Bonchev–Trinajstić information content (AvgIpc) is 2.95. The summed E-state index contributed by atoms with van der Waals surface area (Å²) in [5.74, 6) is 0.726. The number of halogens is 3. The van der Waals surface area contributed by atoms with E-state index in [1.165, 1.54) is 0 Å². The zero-order valence-electron chi connectivity index (χ0n) is 10.7. The normalized spacial score (nSPS) is 17.9. The van der Waals surface area contributed by atoms with Crippen LogP contribution in [0.3, 0.4) is 0 Å². The second-order valence-electron chi connectivity index (χ2n) is 4.94. The van der Waals surface area contributed by atoms with Gasteiger partial charge in [-0.2, -0.15) is 13.2 Å². The lowest BCUT2D eigenvalue weighted by Crippen LogP contribution is -2.44. The van der Waals surface area contributed by atoms with E-state index >= 15 is 0 Å². The minimum atomic E-state index is -4.17. The molecule has 1 aromatic rings. The Morgan fingerprint density at radius 1 is 1.44 bits per heavy atom. The summed E-state index contributed by atoms with van der Waals surface area (Å²) in [5, 5.41) is 2.62. The zero-order valence-corrected chi connectivity index (χ0v) is 10.7. The molecule has 1 aromatic heterocycles. The Balaban J connectivity index is 2.04. The predicted molar refractivity (Wildman–Crippen MR) is 62.4 cm³/mol. The first kappa shape index (κ1) is 13.2. The van der Waals surface area contributed by atoms with E-state index in [1.54, 1.807) is 17.8 Å². The van der Waals surface area contributed by atoms with E-state index < -0.39 is 11.7 Å². The van der Waals surface area contributed by atoms with Crippen molar-refractivity contribution in [3.63, 3.8) is 0 Å². The first-order valence-corrected chi connectivity index (χ1v) is 5.76. The summed E-state index contributed by atoms with van der Waals surface area (Å²) in [4.78, 5) is 5.99. The molecular formula is C11H17F3N4. The van der Waals surface area contributed by atoms with Gasteiger partial charge in [0.05, 0.1) is 11.9 Å². The van der Waals surface area contributed by atoms with Gasteiger partial charge >= 0.3 is 6.18 Å². The molecule has 0 amide bonds. The molecule has 102 valence electrons. The maximum Gasteiger partial charge on any atom is 0.406 e. The van der Waals surface area contributed by atoms with Gasteiger partial charge in [0.15, 0.2) is 0 Å². The molecular weight excluding hydrogens is 245 g/mol. The Morgan fingerprint density at radius 3 is 2.44 bits per heavy atom. The molecule has 2 rings (SSSR count). The van der Waals surface area contributed by atoms with Crippen LogP contribution in [0.5, 0.6) is 0 Å². The smallest absolute Gasteiger partial charge is 0.348 e. The third-order valence-corrected chi connectivity index (χ3v) is 3.36. The minimum Gasteiger partial charge on any atom is -0.348 e. The number of aromatic nitrogens is 2. The second kappa shape index (κ2) is 4.15. The van der Waals surface area contributed by atoms with E-state index in [9.17, 15) is 13.2 Å². The third kappa shape index (κ3) is 2.19. The van der Waals surface area contributed by atoms with E-state index in [-0.39, 0.29) is 19.4 Å². The molecule has 0 aliphatic heterocycles. The monoisotopic (exact) mass is 262 g/mol. The van der Waals surface area contributed by atoms with Crippen molar-refractivity contribution >= 4 is 5.95 Å². The SMILES string of the molecule is CN(C)c1ncc(CNC2(C(F)(F)F)CC2)n1C. The number of imidazole rings is 1. The number of hydrogen-bond donors (Lipinski definition) is 1. The van der Waals surface area contributed by atoms with Crippen LogP contribution in [0.2, 0.25) is 0 Å². The van der Waals surface area contributed by atoms with Gasteiger partial charge in [0, 0.05) is 27.7 Å². The molecule has 0 spiro atoms. The Bertz CT molecular complexity index is 432. The minimum absolute atomic E-state index is 0.162. The van der Waals surface area contributed by atoms with Crippen molar-refractivity contribution in [3.8, 4) is 0 Å². The number of anilines is 1. The van der Waals surface area contributed by atoms with Gasteiger partial charge in [0.2, 0.25) is 5.95 Å². The molecule has 1 saturated carbocycles. The summed E-state index contributed by atoms with van der Waals surface area (Å²) in [6, 6.07) is 0. The lowest BCUT2D eigenvalue weighted by Gasteiger charge is -2.21. The molecule has 7 heteroatoms. The van der Waals surface area contributed by atoms with Gasteiger partial charge in [0.25, 0.3) is 0 Å². The fourth-order valence-corrected chi connectivity index (χ4v) is 1.96. The molecule has 1 aliphatic rings. The lowest BCUT2D eigenvalue weighted by molar-refractivity contribution is -0.166. The largest absolute Gasteiger partial charge is 0.406 e. The fourth-order valence-electron chi connectivity index (χ4n) is 1.96. The fraction of sp³-hybridized carbons (Fsp3) is 0.727. The number of hydrogen-bond acceptors (Lipinski definition) is 3. The molecule has 1 fully saturated rings. The van der Waals surface area contributed by atoms with E-state index in [2.05, 4.69) is 10.3 Å². The van der Waals surface area contributed by atoms with E-state index in [1.807, 2.05) is 19.0 Å². The van der Waals surface area contributed by atoms with Crippen LogP contribution in [-0.2, 0) is 13.6 Å². The molecule has 0 aromatic carbocycles. The van der Waals surface area contributed by atoms with Crippen LogP contribution < -0.4 is 10.2 Å². The van der Waals surface area contributed by atoms with Crippen molar-refractivity contribution in [1.82, 2.24) is 14.9 Å². The summed E-state index contributed by atoms with van der Waals surface area (Å²) >= 11 is 0. The summed E-state index contributed by atoms with van der Waals surface area (Å²) < 4.78 is 40.0. The maximum absolute atomic E-state index is 12.7. The van der Waals surface area contributed by atoms with Crippen molar-refractivity contribution in [2.45, 2.75) is 31.1 Å². The van der Waals surface area contributed by atoms with Crippen LogP contribution in [-0.4, -0.2) is 35.4 Å². The molecule has 0 saturated heterocycles. The van der Waals surface area contributed by atoms with Gasteiger partial charge in [-0.05, 0) is 12.8 Å². The quantitative estimate of drug-likeness (QED) is 0.896. The highest BCUT2D eigenvalue weighted by molar-refractivity contribution is 5.31. The van der Waals surface area contributed by atoms with Crippen LogP contribution in [0, 0.1) is 0 Å². The number of alkyl halides is 3. The van der Waals surface area contributed by atoms with Crippen LogP contribution in [0.15, 0.2) is 6.20 Å². The van der Waals surface area contributed by atoms with Gasteiger partial charge in [0.1, 0.15) is 5.54 Å². The molecule has 0 radical (unpaired) electrons. The average molecular weight is 262 g/mol. The highest BCUT2D eigenvalue weighted by Gasteiger charge is 2.62. The van der Waals surface area contributed by atoms with Gasteiger partial charge in [-0.1, -0.05) is 0 Å². The molecule has 4 nitrogen and oxygen atoms in total. The van der Waals surface area contributed by atoms with Gasteiger partial charge in [-0.25, -0.2) is 4.98 Å². The van der Waals surface area contributed by atoms with Crippen LogP contribution in [0.25, 0.3) is 0 Å².